The van der Waals surface area contributed by atoms with E-state index in [1.165, 1.54) is 5.56 Å². The van der Waals surface area contributed by atoms with Crippen LogP contribution in [0.15, 0.2) is 29.3 Å². The van der Waals surface area contributed by atoms with Crippen LogP contribution in [0.25, 0.3) is 0 Å². The van der Waals surface area contributed by atoms with E-state index in [-0.39, 0.29) is 0 Å². The average molecular weight is 364 g/mol. The lowest BCUT2D eigenvalue weighted by Gasteiger charge is -2.12. The first-order valence-electron chi connectivity index (χ1n) is 8.26. The van der Waals surface area contributed by atoms with Crippen molar-refractivity contribution in [2.45, 2.75) is 33.5 Å². The molecule has 0 radical (unpaired) electrons. The van der Waals surface area contributed by atoms with Crippen LogP contribution in [0.2, 0.25) is 5.02 Å². The van der Waals surface area contributed by atoms with Crippen LogP contribution >= 0.6 is 11.6 Å². The van der Waals surface area contributed by atoms with E-state index in [2.05, 4.69) is 27.6 Å². The molecule has 136 valence electrons. The molecule has 25 heavy (non-hydrogen) atoms. The summed E-state index contributed by atoms with van der Waals surface area (Å²) in [7, 11) is 3.46. The van der Waals surface area contributed by atoms with Crippen LogP contribution in [0.4, 0.5) is 0 Å². The molecule has 0 aliphatic carbocycles. The van der Waals surface area contributed by atoms with Crippen molar-refractivity contribution in [2.24, 2.45) is 4.99 Å². The third-order valence-corrected chi connectivity index (χ3v) is 4.28. The van der Waals surface area contributed by atoms with Gasteiger partial charge in [-0.05, 0) is 31.5 Å². The van der Waals surface area contributed by atoms with Gasteiger partial charge in [0.05, 0.1) is 18.8 Å². The van der Waals surface area contributed by atoms with Gasteiger partial charge in [0, 0.05) is 43.5 Å². The summed E-state index contributed by atoms with van der Waals surface area (Å²) in [6.45, 7) is 6.83. The van der Waals surface area contributed by atoms with Crippen molar-refractivity contribution < 1.29 is 4.74 Å². The molecule has 0 unspecified atom stereocenters. The summed E-state index contributed by atoms with van der Waals surface area (Å²) >= 11 is 6.02. The molecule has 7 heteroatoms. The fourth-order valence-corrected chi connectivity index (χ4v) is 2.82. The molecule has 0 saturated carbocycles. The lowest BCUT2D eigenvalue weighted by atomic mass is 10.2. The number of nitrogens with one attached hydrogen (secondary N) is 2. The Morgan fingerprint density at radius 2 is 2.04 bits per heavy atom. The average Bonchev–Trinajstić information content (AvgIpc) is 2.87. The Morgan fingerprint density at radius 3 is 2.72 bits per heavy atom. The Labute approximate surface area is 154 Å². The second kappa shape index (κ2) is 9.44. The summed E-state index contributed by atoms with van der Waals surface area (Å²) in [5, 5.41) is 11.9. The molecule has 6 nitrogen and oxygen atoms in total. The minimum absolute atomic E-state index is 0.650. The number of hydrogen-bond donors (Lipinski definition) is 2. The summed E-state index contributed by atoms with van der Waals surface area (Å²) < 4.78 is 7.12. The van der Waals surface area contributed by atoms with Crippen molar-refractivity contribution in [3.8, 4) is 0 Å². The van der Waals surface area contributed by atoms with E-state index < -0.39 is 0 Å². The summed E-state index contributed by atoms with van der Waals surface area (Å²) in [5.74, 6) is 0.739. The van der Waals surface area contributed by atoms with Crippen LogP contribution < -0.4 is 10.6 Å². The van der Waals surface area contributed by atoms with Gasteiger partial charge in [-0.25, -0.2) is 0 Å². The molecule has 0 atom stereocenters. The van der Waals surface area contributed by atoms with Crippen molar-refractivity contribution in [3.63, 3.8) is 0 Å². The standard InChI is InChI=1S/C18H26ClN5O/c1-13-17(14(2)24(23-13)8-9-25-4)12-22-18(20-3)21-11-15-6-5-7-16(19)10-15/h5-7,10H,8-9,11-12H2,1-4H3,(H2,20,21,22). The molecule has 0 saturated heterocycles. The molecular formula is C18H26ClN5O. The first-order valence-corrected chi connectivity index (χ1v) is 8.63. The van der Waals surface area contributed by atoms with E-state index in [9.17, 15) is 0 Å². The monoisotopic (exact) mass is 363 g/mol. The lowest BCUT2D eigenvalue weighted by molar-refractivity contribution is 0.182. The van der Waals surface area contributed by atoms with Gasteiger partial charge in [-0.15, -0.1) is 0 Å². The first kappa shape index (κ1) is 19.3. The van der Waals surface area contributed by atoms with Gasteiger partial charge >= 0.3 is 0 Å². The van der Waals surface area contributed by atoms with Gasteiger partial charge in [-0.1, -0.05) is 23.7 Å². The second-order valence-electron chi connectivity index (χ2n) is 5.77. The molecule has 0 bridgehead atoms. The molecule has 1 heterocycles. The van der Waals surface area contributed by atoms with Gasteiger partial charge in [0.1, 0.15) is 0 Å². The van der Waals surface area contributed by atoms with Crippen LogP contribution in [-0.2, 0) is 24.4 Å². The Bertz CT molecular complexity index is 726. The maximum Gasteiger partial charge on any atom is 0.191 e. The second-order valence-corrected chi connectivity index (χ2v) is 6.21. The molecule has 0 aliphatic heterocycles. The summed E-state index contributed by atoms with van der Waals surface area (Å²) in [5.41, 5.74) is 4.45. The van der Waals surface area contributed by atoms with Crippen LogP contribution in [0.3, 0.4) is 0 Å². The number of ether oxygens (including phenoxy) is 1. The molecular weight excluding hydrogens is 338 g/mol. The minimum Gasteiger partial charge on any atom is -0.383 e. The zero-order valence-electron chi connectivity index (χ0n) is 15.3. The fraction of sp³-hybridized carbons (Fsp3) is 0.444. The van der Waals surface area contributed by atoms with Crippen LogP contribution in [0.5, 0.6) is 0 Å². The molecule has 0 spiro atoms. The number of hydrogen-bond acceptors (Lipinski definition) is 3. The number of halogens is 1. The highest BCUT2D eigenvalue weighted by atomic mass is 35.5. The van der Waals surface area contributed by atoms with Crippen molar-refractivity contribution >= 4 is 17.6 Å². The number of nitrogens with zero attached hydrogens (tertiary/aromatic N) is 3. The SMILES string of the molecule is CN=C(NCc1cccc(Cl)c1)NCc1c(C)nn(CCOC)c1C. The molecule has 2 rings (SSSR count). The third-order valence-electron chi connectivity index (χ3n) is 4.04. The van der Waals surface area contributed by atoms with Crippen molar-refractivity contribution in [1.82, 2.24) is 20.4 Å². The van der Waals surface area contributed by atoms with Crippen LogP contribution in [0.1, 0.15) is 22.5 Å². The highest BCUT2D eigenvalue weighted by Crippen LogP contribution is 2.13. The summed E-state index contributed by atoms with van der Waals surface area (Å²) in [4.78, 5) is 4.27. The zero-order valence-corrected chi connectivity index (χ0v) is 16.0. The van der Waals surface area contributed by atoms with E-state index >= 15 is 0 Å². The number of aromatic nitrogens is 2. The summed E-state index contributed by atoms with van der Waals surface area (Å²) in [6.07, 6.45) is 0. The first-order chi connectivity index (χ1) is 12.0. The van der Waals surface area contributed by atoms with E-state index in [0.717, 1.165) is 34.5 Å². The van der Waals surface area contributed by atoms with E-state index in [1.54, 1.807) is 14.2 Å². The topological polar surface area (TPSA) is 63.5 Å². The molecule has 2 N–H and O–H groups in total. The number of benzene rings is 1. The van der Waals surface area contributed by atoms with E-state index in [1.807, 2.05) is 35.9 Å². The van der Waals surface area contributed by atoms with Crippen LogP contribution in [-0.4, -0.2) is 36.5 Å². The van der Waals surface area contributed by atoms with Gasteiger partial charge in [-0.3, -0.25) is 9.67 Å². The normalized spacial score (nSPS) is 11.6. The predicted molar refractivity (Wildman–Crippen MR) is 102 cm³/mol. The van der Waals surface area contributed by atoms with Gasteiger partial charge in [-0.2, -0.15) is 5.10 Å². The quantitative estimate of drug-likeness (QED) is 0.586. The number of aryl methyl sites for hydroxylation is 1. The van der Waals surface area contributed by atoms with Crippen molar-refractivity contribution in [3.05, 3.63) is 51.8 Å². The molecule has 0 aliphatic rings. The maximum atomic E-state index is 6.02. The molecule has 0 fully saturated rings. The van der Waals surface area contributed by atoms with Gasteiger partial charge in [0.2, 0.25) is 0 Å². The number of guanidine groups is 1. The molecule has 0 amide bonds. The largest absolute Gasteiger partial charge is 0.383 e. The smallest absolute Gasteiger partial charge is 0.191 e. The molecule has 1 aromatic carbocycles. The van der Waals surface area contributed by atoms with E-state index in [0.29, 0.717) is 19.7 Å². The van der Waals surface area contributed by atoms with Crippen LogP contribution in [0, 0.1) is 13.8 Å². The highest BCUT2D eigenvalue weighted by Gasteiger charge is 2.11. The zero-order chi connectivity index (χ0) is 18.2. The van der Waals surface area contributed by atoms with Gasteiger partial charge in [0.15, 0.2) is 5.96 Å². The maximum absolute atomic E-state index is 6.02. The molecule has 2 aromatic rings. The minimum atomic E-state index is 0.650. The summed E-state index contributed by atoms with van der Waals surface area (Å²) in [6, 6.07) is 7.78. The van der Waals surface area contributed by atoms with E-state index in [4.69, 9.17) is 16.3 Å². The lowest BCUT2D eigenvalue weighted by Crippen LogP contribution is -2.36. The Kier molecular flexibility index (Phi) is 7.28. The predicted octanol–water partition coefficient (Wildman–Crippen LogP) is 2.66. The highest BCUT2D eigenvalue weighted by molar-refractivity contribution is 6.30. The van der Waals surface area contributed by atoms with Gasteiger partial charge in [0.25, 0.3) is 0 Å². The Morgan fingerprint density at radius 1 is 1.28 bits per heavy atom. The van der Waals surface area contributed by atoms with Crippen molar-refractivity contribution in [2.75, 3.05) is 20.8 Å². The Hall–Kier alpha value is -2.05. The van der Waals surface area contributed by atoms with Crippen molar-refractivity contribution in [1.29, 1.82) is 0 Å². The Balaban J connectivity index is 1.93. The number of methoxy groups -OCH3 is 1. The molecule has 1 aromatic heterocycles. The fourth-order valence-electron chi connectivity index (χ4n) is 2.61. The number of rotatable bonds is 7. The third kappa shape index (κ3) is 5.47. The number of aliphatic imine (C=N–C) groups is 1. The van der Waals surface area contributed by atoms with Gasteiger partial charge < -0.3 is 15.4 Å².